The molecule has 1 aliphatic heterocycles. The van der Waals surface area contributed by atoms with Crippen molar-refractivity contribution in [1.82, 2.24) is 15.1 Å². The Morgan fingerprint density at radius 3 is 2.95 bits per heavy atom. The molecule has 0 radical (unpaired) electrons. The van der Waals surface area contributed by atoms with Gasteiger partial charge in [-0.15, -0.1) is 0 Å². The number of aryl methyl sites for hydroxylation is 1. The Balaban J connectivity index is 1.98. The lowest BCUT2D eigenvalue weighted by Crippen LogP contribution is -2.37. The minimum absolute atomic E-state index is 0.588. The highest BCUT2D eigenvalue weighted by atomic mass is 16.3. The second kappa shape index (κ2) is 7.25. The average Bonchev–Trinajstić information content (AvgIpc) is 2.66. The Kier molecular flexibility index (Phi) is 5.64. The molecule has 1 aromatic rings. The highest BCUT2D eigenvalue weighted by Crippen LogP contribution is 2.19. The molecule has 0 spiro atoms. The lowest BCUT2D eigenvalue weighted by molar-refractivity contribution is 0.181. The molecule has 2 heterocycles. The van der Waals surface area contributed by atoms with Crippen LogP contribution in [0.15, 0.2) is 10.5 Å². The van der Waals surface area contributed by atoms with Crippen molar-refractivity contribution in [3.05, 3.63) is 23.2 Å². The van der Waals surface area contributed by atoms with E-state index in [1.165, 1.54) is 18.5 Å². The summed E-state index contributed by atoms with van der Waals surface area (Å²) < 4.78 is 5.94. The van der Waals surface area contributed by atoms with Gasteiger partial charge in [0.05, 0.1) is 6.54 Å². The predicted octanol–water partition coefficient (Wildman–Crippen LogP) is 2.22. The maximum absolute atomic E-state index is 5.94. The zero-order valence-corrected chi connectivity index (χ0v) is 13.4. The lowest BCUT2D eigenvalue weighted by atomic mass is 10.2. The van der Waals surface area contributed by atoms with E-state index in [9.17, 15) is 0 Å². The molecule has 4 nitrogen and oxygen atoms in total. The summed E-state index contributed by atoms with van der Waals surface area (Å²) in [5.41, 5.74) is 1.29. The Hall–Kier alpha value is -0.840. The number of hydrogen-bond acceptors (Lipinski definition) is 4. The maximum Gasteiger partial charge on any atom is 0.118 e. The van der Waals surface area contributed by atoms with E-state index in [4.69, 9.17) is 4.42 Å². The minimum Gasteiger partial charge on any atom is -0.465 e. The van der Waals surface area contributed by atoms with Gasteiger partial charge < -0.3 is 14.6 Å². The first kappa shape index (κ1) is 15.5. The van der Waals surface area contributed by atoms with E-state index in [2.05, 4.69) is 49.0 Å². The molecule has 20 heavy (non-hydrogen) atoms. The molecule has 1 unspecified atom stereocenters. The molecule has 114 valence electrons. The van der Waals surface area contributed by atoms with Crippen LogP contribution < -0.4 is 5.32 Å². The number of hydrogen-bond donors (Lipinski definition) is 1. The normalized spacial score (nSPS) is 22.1. The fraction of sp³-hybridized carbons (Fsp3) is 0.750. The van der Waals surface area contributed by atoms with Gasteiger partial charge in [0.1, 0.15) is 11.5 Å². The molecule has 4 heteroatoms. The molecule has 1 aromatic heterocycles. The highest BCUT2D eigenvalue weighted by molar-refractivity contribution is 5.20. The highest BCUT2D eigenvalue weighted by Gasteiger charge is 2.21. The zero-order valence-electron chi connectivity index (χ0n) is 13.4. The summed E-state index contributed by atoms with van der Waals surface area (Å²) in [4.78, 5) is 4.97. The van der Waals surface area contributed by atoms with Crippen LogP contribution in [0, 0.1) is 6.92 Å². The fourth-order valence-corrected chi connectivity index (χ4v) is 2.96. The van der Waals surface area contributed by atoms with Crippen molar-refractivity contribution >= 4 is 0 Å². The summed E-state index contributed by atoms with van der Waals surface area (Å²) in [6.07, 6.45) is 1.24. The summed E-state index contributed by atoms with van der Waals surface area (Å²) in [7, 11) is 2.21. The molecular weight excluding hydrogens is 250 g/mol. The first-order valence-electron chi connectivity index (χ1n) is 7.81. The number of furan rings is 1. The molecule has 1 saturated heterocycles. The molecule has 0 aromatic carbocycles. The standard InChI is InChI=1S/C16H29N3O/c1-5-17-10-15-9-16(20-14(15)3)12-19-8-6-7-18(4)11-13(19)2/h9,13,17H,5-8,10-12H2,1-4H3. The van der Waals surface area contributed by atoms with Crippen LogP contribution in [0.5, 0.6) is 0 Å². The molecule has 0 bridgehead atoms. The van der Waals surface area contributed by atoms with E-state index in [1.807, 2.05) is 0 Å². The van der Waals surface area contributed by atoms with E-state index >= 15 is 0 Å². The van der Waals surface area contributed by atoms with Gasteiger partial charge in [-0.2, -0.15) is 0 Å². The molecule has 2 rings (SSSR count). The summed E-state index contributed by atoms with van der Waals surface area (Å²) in [6, 6.07) is 2.81. The van der Waals surface area contributed by atoms with E-state index < -0.39 is 0 Å². The molecule has 1 N–H and O–H groups in total. The van der Waals surface area contributed by atoms with Crippen molar-refractivity contribution in [3.8, 4) is 0 Å². The van der Waals surface area contributed by atoms with E-state index in [1.54, 1.807) is 0 Å². The Morgan fingerprint density at radius 1 is 1.40 bits per heavy atom. The molecule has 1 aliphatic rings. The molecule has 0 aliphatic carbocycles. The predicted molar refractivity (Wildman–Crippen MR) is 82.8 cm³/mol. The summed E-state index contributed by atoms with van der Waals surface area (Å²) in [5.74, 6) is 2.16. The van der Waals surface area contributed by atoms with Crippen LogP contribution in [0.25, 0.3) is 0 Å². The quantitative estimate of drug-likeness (QED) is 0.895. The van der Waals surface area contributed by atoms with Crippen LogP contribution in [0.1, 0.15) is 37.4 Å². The second-order valence-electron chi connectivity index (χ2n) is 6.01. The van der Waals surface area contributed by atoms with Crippen LogP contribution in [0.4, 0.5) is 0 Å². The third-order valence-electron chi connectivity index (χ3n) is 4.18. The van der Waals surface area contributed by atoms with Gasteiger partial charge in [0.15, 0.2) is 0 Å². The number of likely N-dealkylation sites (N-methyl/N-ethyl adjacent to an activating group) is 1. The van der Waals surface area contributed by atoms with Gasteiger partial charge in [0, 0.05) is 31.2 Å². The third kappa shape index (κ3) is 4.08. The van der Waals surface area contributed by atoms with Gasteiger partial charge in [-0.25, -0.2) is 0 Å². The first-order valence-corrected chi connectivity index (χ1v) is 7.81. The Bertz CT molecular complexity index is 416. The first-order chi connectivity index (χ1) is 9.60. The minimum atomic E-state index is 0.588. The molecule has 0 saturated carbocycles. The Labute approximate surface area is 123 Å². The van der Waals surface area contributed by atoms with Crippen LogP contribution in [0.2, 0.25) is 0 Å². The van der Waals surface area contributed by atoms with Gasteiger partial charge in [-0.1, -0.05) is 6.92 Å². The molecule has 1 fully saturated rings. The zero-order chi connectivity index (χ0) is 14.5. The van der Waals surface area contributed by atoms with Crippen molar-refractivity contribution in [3.63, 3.8) is 0 Å². The largest absolute Gasteiger partial charge is 0.465 e. The molecule has 1 atom stereocenters. The van der Waals surface area contributed by atoms with Crippen molar-refractivity contribution in [2.24, 2.45) is 0 Å². The van der Waals surface area contributed by atoms with Gasteiger partial charge in [-0.3, -0.25) is 4.90 Å². The van der Waals surface area contributed by atoms with E-state index in [0.29, 0.717) is 6.04 Å². The van der Waals surface area contributed by atoms with Crippen molar-refractivity contribution < 1.29 is 4.42 Å². The monoisotopic (exact) mass is 279 g/mol. The van der Waals surface area contributed by atoms with E-state index in [-0.39, 0.29) is 0 Å². The van der Waals surface area contributed by atoms with E-state index in [0.717, 1.165) is 44.2 Å². The van der Waals surface area contributed by atoms with Crippen LogP contribution in [-0.4, -0.2) is 49.1 Å². The topological polar surface area (TPSA) is 31.6 Å². The lowest BCUT2D eigenvalue weighted by Gasteiger charge is -2.26. The average molecular weight is 279 g/mol. The van der Waals surface area contributed by atoms with Crippen molar-refractivity contribution in [2.75, 3.05) is 33.2 Å². The number of nitrogens with one attached hydrogen (secondary N) is 1. The summed E-state index contributed by atoms with van der Waals surface area (Å²) in [6.45, 7) is 12.8. The Morgan fingerprint density at radius 2 is 2.20 bits per heavy atom. The molecular formula is C16H29N3O. The van der Waals surface area contributed by atoms with Crippen molar-refractivity contribution in [2.45, 2.75) is 46.3 Å². The second-order valence-corrected chi connectivity index (χ2v) is 6.01. The number of nitrogens with zero attached hydrogens (tertiary/aromatic N) is 2. The summed E-state index contributed by atoms with van der Waals surface area (Å²) >= 11 is 0. The fourth-order valence-electron chi connectivity index (χ4n) is 2.96. The van der Waals surface area contributed by atoms with Crippen LogP contribution in [-0.2, 0) is 13.1 Å². The van der Waals surface area contributed by atoms with Crippen LogP contribution in [0.3, 0.4) is 0 Å². The third-order valence-corrected chi connectivity index (χ3v) is 4.18. The summed E-state index contributed by atoms with van der Waals surface area (Å²) in [5, 5.41) is 3.37. The maximum atomic E-state index is 5.94. The SMILES string of the molecule is CCNCc1cc(CN2CCCN(C)CC2C)oc1C. The van der Waals surface area contributed by atoms with Gasteiger partial charge in [0.25, 0.3) is 0 Å². The smallest absolute Gasteiger partial charge is 0.118 e. The number of rotatable bonds is 5. The van der Waals surface area contributed by atoms with Gasteiger partial charge in [-0.05, 0) is 46.5 Å². The van der Waals surface area contributed by atoms with Crippen LogP contribution >= 0.6 is 0 Å². The van der Waals surface area contributed by atoms with Crippen molar-refractivity contribution in [1.29, 1.82) is 0 Å². The van der Waals surface area contributed by atoms with Gasteiger partial charge >= 0.3 is 0 Å². The van der Waals surface area contributed by atoms with Gasteiger partial charge in [0.2, 0.25) is 0 Å². The molecule has 0 amide bonds.